The Balaban J connectivity index is 2.52. The van der Waals surface area contributed by atoms with Gasteiger partial charge >= 0.3 is 0 Å². The molecule has 76 valence electrons. The third-order valence-corrected chi connectivity index (χ3v) is 3.62. The van der Waals surface area contributed by atoms with Crippen LogP contribution in [-0.4, -0.2) is 5.75 Å². The highest BCUT2D eigenvalue weighted by Crippen LogP contribution is 2.21. The molecule has 0 spiro atoms. The molecule has 0 aliphatic heterocycles. The molecule has 14 heavy (non-hydrogen) atoms. The summed E-state index contributed by atoms with van der Waals surface area (Å²) in [7, 11) is 0. The van der Waals surface area contributed by atoms with E-state index >= 15 is 0 Å². The number of halogens is 2. The molecule has 0 radical (unpaired) electrons. The molecule has 0 atom stereocenters. The molecular weight excluding hydrogens is 235 g/mol. The summed E-state index contributed by atoms with van der Waals surface area (Å²) in [4.78, 5) is 1.25. The summed E-state index contributed by atoms with van der Waals surface area (Å²) in [6.07, 6.45) is 0. The highest BCUT2D eigenvalue weighted by molar-refractivity contribution is 7.99. The second-order valence-electron chi connectivity index (χ2n) is 3.02. The van der Waals surface area contributed by atoms with E-state index < -0.39 is 0 Å². The third-order valence-electron chi connectivity index (χ3n) is 1.73. The zero-order valence-electron chi connectivity index (χ0n) is 7.97. The molecule has 0 nitrogen and oxygen atoms in total. The Bertz CT molecular complexity index is 304. The fraction of sp³-hybridized carbons (Fsp3) is 0.273. The first-order valence-corrected chi connectivity index (χ1v) is 6.25. The van der Waals surface area contributed by atoms with Gasteiger partial charge in [0.25, 0.3) is 0 Å². The summed E-state index contributed by atoms with van der Waals surface area (Å²) < 4.78 is 0. The number of hydrogen-bond donors (Lipinski definition) is 0. The predicted molar refractivity (Wildman–Crippen MR) is 66.3 cm³/mol. The maximum Gasteiger partial charge on any atom is 0.0474 e. The first-order chi connectivity index (χ1) is 6.76. The standard InChI is InChI=1S/C11H12Cl2S/c1-9(6-12)8-14-11-4-2-10(7-13)3-5-11/h2-6H,7-8H2,1H3/b9-6-. The molecule has 0 unspecified atom stereocenters. The molecule has 0 aromatic heterocycles. The van der Waals surface area contributed by atoms with E-state index in [0.717, 1.165) is 11.3 Å². The molecule has 0 heterocycles. The van der Waals surface area contributed by atoms with Gasteiger partial charge in [0.05, 0.1) is 0 Å². The van der Waals surface area contributed by atoms with Gasteiger partial charge in [-0.2, -0.15) is 0 Å². The van der Waals surface area contributed by atoms with Gasteiger partial charge in [-0.25, -0.2) is 0 Å². The van der Waals surface area contributed by atoms with Crippen LogP contribution in [0.25, 0.3) is 0 Å². The minimum Gasteiger partial charge on any atom is -0.122 e. The van der Waals surface area contributed by atoms with Crippen LogP contribution in [0.15, 0.2) is 40.3 Å². The van der Waals surface area contributed by atoms with Crippen molar-refractivity contribution in [3.8, 4) is 0 Å². The van der Waals surface area contributed by atoms with E-state index in [-0.39, 0.29) is 0 Å². The zero-order valence-corrected chi connectivity index (χ0v) is 10.3. The van der Waals surface area contributed by atoms with E-state index in [4.69, 9.17) is 23.2 Å². The van der Waals surface area contributed by atoms with Gasteiger partial charge in [0.1, 0.15) is 0 Å². The molecule has 0 saturated heterocycles. The van der Waals surface area contributed by atoms with Gasteiger partial charge in [-0.15, -0.1) is 23.4 Å². The Hall–Kier alpha value is -0.110. The smallest absolute Gasteiger partial charge is 0.0474 e. The lowest BCUT2D eigenvalue weighted by atomic mass is 10.2. The first kappa shape index (κ1) is 12.0. The topological polar surface area (TPSA) is 0 Å². The van der Waals surface area contributed by atoms with E-state index in [2.05, 4.69) is 24.3 Å². The van der Waals surface area contributed by atoms with Gasteiger partial charge in [-0.05, 0) is 24.6 Å². The van der Waals surface area contributed by atoms with Crippen molar-refractivity contribution in [3.63, 3.8) is 0 Å². The Labute approximate surface area is 99.3 Å². The molecular formula is C11H12Cl2S. The molecule has 0 amide bonds. The fourth-order valence-electron chi connectivity index (χ4n) is 0.903. The van der Waals surface area contributed by atoms with Gasteiger partial charge in [0.2, 0.25) is 0 Å². The maximum absolute atomic E-state index is 5.70. The summed E-state index contributed by atoms with van der Waals surface area (Å²) >= 11 is 13.0. The average Bonchev–Trinajstić information content (AvgIpc) is 2.26. The van der Waals surface area contributed by atoms with Crippen molar-refractivity contribution in [2.75, 3.05) is 5.75 Å². The van der Waals surface area contributed by atoms with Crippen molar-refractivity contribution in [3.05, 3.63) is 40.9 Å². The quantitative estimate of drug-likeness (QED) is 0.550. The maximum atomic E-state index is 5.70. The lowest BCUT2D eigenvalue weighted by Crippen LogP contribution is -1.81. The minimum atomic E-state index is 0.575. The van der Waals surface area contributed by atoms with Crippen LogP contribution in [0.4, 0.5) is 0 Å². The zero-order chi connectivity index (χ0) is 10.4. The average molecular weight is 247 g/mol. The van der Waals surface area contributed by atoms with Gasteiger partial charge in [0.15, 0.2) is 0 Å². The summed E-state index contributed by atoms with van der Waals surface area (Å²) in [6.45, 7) is 2.02. The van der Waals surface area contributed by atoms with Crippen LogP contribution in [-0.2, 0) is 5.88 Å². The third kappa shape index (κ3) is 3.95. The highest BCUT2D eigenvalue weighted by atomic mass is 35.5. The Morgan fingerprint density at radius 1 is 1.36 bits per heavy atom. The van der Waals surface area contributed by atoms with Crippen molar-refractivity contribution in [2.45, 2.75) is 17.7 Å². The molecule has 1 aromatic rings. The fourth-order valence-corrected chi connectivity index (χ4v) is 2.06. The first-order valence-electron chi connectivity index (χ1n) is 4.30. The molecule has 0 N–H and O–H groups in total. The SMILES string of the molecule is C/C(=C/Cl)CSc1ccc(CCl)cc1. The van der Waals surface area contributed by atoms with E-state index in [1.54, 1.807) is 17.3 Å². The molecule has 0 aliphatic carbocycles. The van der Waals surface area contributed by atoms with E-state index in [1.165, 1.54) is 10.5 Å². The van der Waals surface area contributed by atoms with Crippen molar-refractivity contribution in [1.29, 1.82) is 0 Å². The van der Waals surface area contributed by atoms with E-state index in [1.807, 2.05) is 6.92 Å². The molecule has 3 heteroatoms. The summed E-state index contributed by atoms with van der Waals surface area (Å²) in [5, 5.41) is 0. The second kappa shape index (κ2) is 6.39. The second-order valence-corrected chi connectivity index (χ2v) is 4.56. The number of benzene rings is 1. The molecule has 0 bridgehead atoms. The van der Waals surface area contributed by atoms with Crippen LogP contribution in [0.2, 0.25) is 0 Å². The monoisotopic (exact) mass is 246 g/mol. The lowest BCUT2D eigenvalue weighted by molar-refractivity contribution is 1.33. The molecule has 0 fully saturated rings. The van der Waals surface area contributed by atoms with Gasteiger partial charge in [-0.3, -0.25) is 0 Å². The highest BCUT2D eigenvalue weighted by Gasteiger charge is 1.95. The van der Waals surface area contributed by atoms with Crippen LogP contribution >= 0.6 is 35.0 Å². The number of hydrogen-bond acceptors (Lipinski definition) is 1. The van der Waals surface area contributed by atoms with Crippen molar-refractivity contribution < 1.29 is 0 Å². The van der Waals surface area contributed by atoms with Crippen LogP contribution in [0.3, 0.4) is 0 Å². The molecule has 1 aromatic carbocycles. The van der Waals surface area contributed by atoms with Crippen molar-refractivity contribution >= 4 is 35.0 Å². The van der Waals surface area contributed by atoms with Crippen LogP contribution in [0.5, 0.6) is 0 Å². The summed E-state index contributed by atoms with van der Waals surface area (Å²) in [6, 6.07) is 8.28. The largest absolute Gasteiger partial charge is 0.122 e. The molecule has 0 saturated carbocycles. The Morgan fingerprint density at radius 2 is 2.00 bits per heavy atom. The van der Waals surface area contributed by atoms with Gasteiger partial charge < -0.3 is 0 Å². The normalized spacial score (nSPS) is 11.8. The minimum absolute atomic E-state index is 0.575. The van der Waals surface area contributed by atoms with Crippen molar-refractivity contribution in [1.82, 2.24) is 0 Å². The van der Waals surface area contributed by atoms with Crippen molar-refractivity contribution in [2.24, 2.45) is 0 Å². The Morgan fingerprint density at radius 3 is 2.50 bits per heavy atom. The van der Waals surface area contributed by atoms with Crippen LogP contribution < -0.4 is 0 Å². The van der Waals surface area contributed by atoms with E-state index in [0.29, 0.717) is 5.88 Å². The molecule has 0 aliphatic rings. The van der Waals surface area contributed by atoms with E-state index in [9.17, 15) is 0 Å². The number of thioether (sulfide) groups is 1. The number of alkyl halides is 1. The van der Waals surface area contributed by atoms with Gasteiger partial charge in [-0.1, -0.05) is 29.3 Å². The number of rotatable bonds is 4. The Kier molecular flexibility index (Phi) is 5.46. The van der Waals surface area contributed by atoms with Gasteiger partial charge in [0, 0.05) is 22.1 Å². The predicted octanol–water partition coefficient (Wildman–Crippen LogP) is 4.66. The summed E-state index contributed by atoms with van der Waals surface area (Å²) in [5.74, 6) is 1.51. The summed E-state index contributed by atoms with van der Waals surface area (Å²) in [5.41, 5.74) is 3.96. The van der Waals surface area contributed by atoms with Crippen LogP contribution in [0.1, 0.15) is 12.5 Å². The van der Waals surface area contributed by atoms with Crippen LogP contribution in [0, 0.1) is 0 Å². The lowest BCUT2D eigenvalue weighted by Gasteiger charge is -2.02. The molecule has 1 rings (SSSR count).